The van der Waals surface area contributed by atoms with Crippen LogP contribution in [0.2, 0.25) is 5.02 Å². The van der Waals surface area contributed by atoms with Crippen LogP contribution < -0.4 is 21.9 Å². The highest BCUT2D eigenvalue weighted by Gasteiger charge is 2.20. The summed E-state index contributed by atoms with van der Waals surface area (Å²) in [6.07, 6.45) is 2.09. The number of β-amino-alcohol motifs (C(OH)–C–C–N with tert-alkyl or cyclic N) is 1. The van der Waals surface area contributed by atoms with Gasteiger partial charge in [-0.05, 0) is 41.8 Å². The fraction of sp³-hybridized carbons (Fsp3) is 0.417. The van der Waals surface area contributed by atoms with E-state index in [0.717, 1.165) is 49.7 Å². The number of aliphatic hydroxyl groups is 1. The summed E-state index contributed by atoms with van der Waals surface area (Å²) in [7, 11) is 1.62. The molecule has 1 aliphatic heterocycles. The minimum absolute atomic E-state index is 0. The first-order chi connectivity index (χ1) is 14.6. The molecule has 1 heterocycles. The molecule has 0 aliphatic carbocycles. The van der Waals surface area contributed by atoms with Crippen molar-refractivity contribution in [3.05, 3.63) is 71.3 Å². The molecule has 1 fully saturated rings. The number of hydrogen-bond acceptors (Lipinski definition) is 5. The van der Waals surface area contributed by atoms with Crippen molar-refractivity contribution < 1.29 is 27.0 Å². The lowest BCUT2D eigenvalue weighted by Gasteiger charge is -2.35. The predicted octanol–water partition coefficient (Wildman–Crippen LogP) is 0.639. The Morgan fingerprint density at radius 1 is 1.03 bits per heavy atom. The molecule has 0 amide bonds. The van der Waals surface area contributed by atoms with Gasteiger partial charge < -0.3 is 27.0 Å². The van der Waals surface area contributed by atoms with Gasteiger partial charge >= 0.3 is 0 Å². The van der Waals surface area contributed by atoms with E-state index < -0.39 is 6.10 Å². The van der Waals surface area contributed by atoms with Crippen LogP contribution in [-0.2, 0) is 13.0 Å². The van der Waals surface area contributed by atoms with Gasteiger partial charge in [0.2, 0.25) is 0 Å². The van der Waals surface area contributed by atoms with Crippen molar-refractivity contribution in [2.24, 2.45) is 0 Å². The van der Waals surface area contributed by atoms with E-state index in [1.165, 1.54) is 5.56 Å². The summed E-state index contributed by atoms with van der Waals surface area (Å²) in [6, 6.07) is 13.9. The molecule has 2 aromatic carbocycles. The van der Waals surface area contributed by atoms with E-state index in [4.69, 9.17) is 21.1 Å². The maximum Gasteiger partial charge on any atom is 0.161 e. The molecule has 1 atom stereocenters. The standard InChI is InChI=1S/C24H31ClN2O3.ClH/c1-3-4-19-7-10-23(24(15-19)29-2)30-18-22(28)17-27-13-11-26(12-14-27)16-20-5-8-21(25)9-6-20;/h3,5-10,15,22,28H,1,4,11-14,16-18H2,2H3;1H/p-1. The maximum atomic E-state index is 10.4. The van der Waals surface area contributed by atoms with Crippen LogP contribution in [0.5, 0.6) is 11.5 Å². The molecule has 1 aliphatic rings. The highest BCUT2D eigenvalue weighted by Crippen LogP contribution is 2.28. The number of nitrogens with zero attached hydrogens (tertiary/aromatic N) is 2. The second-order valence-electron chi connectivity index (χ2n) is 7.65. The van der Waals surface area contributed by atoms with Crippen LogP contribution in [0, 0.1) is 0 Å². The minimum atomic E-state index is -0.551. The lowest BCUT2D eigenvalue weighted by Crippen LogP contribution is -3.00. The molecule has 0 saturated carbocycles. The number of hydrogen-bond donors (Lipinski definition) is 1. The molecule has 31 heavy (non-hydrogen) atoms. The van der Waals surface area contributed by atoms with Crippen molar-refractivity contribution in [1.29, 1.82) is 0 Å². The molecule has 0 aromatic heterocycles. The fourth-order valence-corrected chi connectivity index (χ4v) is 3.77. The average molecular weight is 466 g/mol. The van der Waals surface area contributed by atoms with Crippen LogP contribution >= 0.6 is 11.6 Å². The zero-order chi connectivity index (χ0) is 21.3. The number of allylic oxidation sites excluding steroid dienone is 1. The van der Waals surface area contributed by atoms with Gasteiger partial charge in [-0.25, -0.2) is 0 Å². The van der Waals surface area contributed by atoms with Gasteiger partial charge in [-0.15, -0.1) is 6.58 Å². The normalized spacial score (nSPS) is 15.7. The molecule has 1 unspecified atom stereocenters. The molecule has 5 nitrogen and oxygen atoms in total. The van der Waals surface area contributed by atoms with Crippen LogP contribution in [0.15, 0.2) is 55.1 Å². The average Bonchev–Trinajstić information content (AvgIpc) is 2.76. The molecule has 1 N–H and O–H groups in total. The first-order valence-electron chi connectivity index (χ1n) is 10.3. The number of ether oxygens (including phenoxy) is 2. The number of benzene rings is 2. The Labute approximate surface area is 196 Å². The highest BCUT2D eigenvalue weighted by molar-refractivity contribution is 6.30. The molecule has 0 spiro atoms. The molecule has 0 bridgehead atoms. The van der Waals surface area contributed by atoms with Crippen molar-refractivity contribution in [2.45, 2.75) is 19.1 Å². The van der Waals surface area contributed by atoms with Gasteiger partial charge in [0.25, 0.3) is 0 Å². The zero-order valence-corrected chi connectivity index (χ0v) is 19.5. The third kappa shape index (κ3) is 8.02. The second-order valence-corrected chi connectivity index (χ2v) is 8.08. The first kappa shape index (κ1) is 25.5. The molecular weight excluding hydrogens is 435 g/mol. The molecule has 170 valence electrons. The van der Waals surface area contributed by atoms with E-state index in [9.17, 15) is 5.11 Å². The van der Waals surface area contributed by atoms with E-state index in [2.05, 4.69) is 28.5 Å². The first-order valence-corrected chi connectivity index (χ1v) is 10.7. The van der Waals surface area contributed by atoms with Crippen molar-refractivity contribution >= 4 is 11.6 Å². The molecular formula is C24H31Cl2N2O3-. The summed E-state index contributed by atoms with van der Waals surface area (Å²) in [5.41, 5.74) is 2.39. The van der Waals surface area contributed by atoms with Crippen LogP contribution in [0.25, 0.3) is 0 Å². The van der Waals surface area contributed by atoms with Gasteiger partial charge in [-0.1, -0.05) is 35.9 Å². The Morgan fingerprint density at radius 2 is 1.68 bits per heavy atom. The van der Waals surface area contributed by atoms with E-state index in [0.29, 0.717) is 18.0 Å². The smallest absolute Gasteiger partial charge is 0.161 e. The number of methoxy groups -OCH3 is 1. The molecule has 0 radical (unpaired) electrons. The van der Waals surface area contributed by atoms with Crippen LogP contribution in [0.4, 0.5) is 0 Å². The van der Waals surface area contributed by atoms with E-state index in [1.807, 2.05) is 36.4 Å². The van der Waals surface area contributed by atoms with Gasteiger partial charge in [-0.3, -0.25) is 9.80 Å². The Bertz CT molecular complexity index is 809. The Balaban J connectivity index is 0.00000341. The predicted molar refractivity (Wildman–Crippen MR) is 122 cm³/mol. The minimum Gasteiger partial charge on any atom is -1.00 e. The van der Waals surface area contributed by atoms with Gasteiger partial charge in [0.15, 0.2) is 11.5 Å². The van der Waals surface area contributed by atoms with Gasteiger partial charge in [0.05, 0.1) is 7.11 Å². The number of halogens is 2. The van der Waals surface area contributed by atoms with E-state index in [1.54, 1.807) is 7.11 Å². The van der Waals surface area contributed by atoms with Crippen LogP contribution in [0.1, 0.15) is 11.1 Å². The summed E-state index contributed by atoms with van der Waals surface area (Å²) in [6.45, 7) is 9.36. The number of aliphatic hydroxyl groups excluding tert-OH is 1. The van der Waals surface area contributed by atoms with Crippen molar-refractivity contribution in [1.82, 2.24) is 9.80 Å². The Hall–Kier alpha value is -1.76. The monoisotopic (exact) mass is 465 g/mol. The van der Waals surface area contributed by atoms with Crippen LogP contribution in [-0.4, -0.2) is 67.5 Å². The Kier molecular flexibility index (Phi) is 10.6. The van der Waals surface area contributed by atoms with Crippen molar-refractivity contribution in [3.63, 3.8) is 0 Å². The molecule has 7 heteroatoms. The SMILES string of the molecule is C=CCc1ccc(OCC(O)CN2CCN(Cc3ccc(Cl)cc3)CC2)c(OC)c1.[Cl-]. The largest absolute Gasteiger partial charge is 1.00 e. The third-order valence-electron chi connectivity index (χ3n) is 5.29. The summed E-state index contributed by atoms with van der Waals surface area (Å²) in [5.74, 6) is 1.33. The lowest BCUT2D eigenvalue weighted by molar-refractivity contribution is -0.00000895. The van der Waals surface area contributed by atoms with Crippen molar-refractivity contribution in [2.75, 3.05) is 46.4 Å². The zero-order valence-electron chi connectivity index (χ0n) is 18.0. The van der Waals surface area contributed by atoms with Crippen LogP contribution in [0.3, 0.4) is 0 Å². The van der Waals surface area contributed by atoms with Crippen molar-refractivity contribution in [3.8, 4) is 11.5 Å². The van der Waals surface area contributed by atoms with Gasteiger partial charge in [0, 0.05) is 44.3 Å². The maximum absolute atomic E-state index is 10.4. The molecule has 1 saturated heterocycles. The lowest BCUT2D eigenvalue weighted by atomic mass is 10.1. The van der Waals surface area contributed by atoms with E-state index >= 15 is 0 Å². The molecule has 2 aromatic rings. The summed E-state index contributed by atoms with van der Waals surface area (Å²) >= 11 is 5.96. The quantitative estimate of drug-likeness (QED) is 0.521. The second kappa shape index (κ2) is 12.9. The Morgan fingerprint density at radius 3 is 2.32 bits per heavy atom. The summed E-state index contributed by atoms with van der Waals surface area (Å²) < 4.78 is 11.2. The fourth-order valence-electron chi connectivity index (χ4n) is 3.64. The van der Waals surface area contributed by atoms with Gasteiger partial charge in [0.1, 0.15) is 12.7 Å². The highest BCUT2D eigenvalue weighted by atomic mass is 35.5. The van der Waals surface area contributed by atoms with Gasteiger partial charge in [-0.2, -0.15) is 0 Å². The number of rotatable bonds is 10. The number of piperazine rings is 1. The molecule has 3 rings (SSSR count). The third-order valence-corrected chi connectivity index (χ3v) is 5.54. The topological polar surface area (TPSA) is 45.2 Å². The summed E-state index contributed by atoms with van der Waals surface area (Å²) in [5, 5.41) is 11.2. The summed E-state index contributed by atoms with van der Waals surface area (Å²) in [4.78, 5) is 4.72. The van der Waals surface area contributed by atoms with E-state index in [-0.39, 0.29) is 19.0 Å².